The molecule has 0 heterocycles. The minimum atomic E-state index is -4.71. The first-order valence-corrected chi connectivity index (χ1v) is 14.9. The summed E-state index contributed by atoms with van der Waals surface area (Å²) in [7, 11) is -4.18. The van der Waals surface area contributed by atoms with Crippen molar-refractivity contribution in [3.8, 4) is 11.1 Å². The van der Waals surface area contributed by atoms with E-state index < -0.39 is 130 Å². The second kappa shape index (κ2) is 8.93. The van der Waals surface area contributed by atoms with Crippen LogP contribution >= 0.6 is 0 Å². The average molecular weight is 621 g/mol. The number of alkyl halides is 3. The molecule has 0 saturated carbocycles. The molecule has 5 rings (SSSR count). The molecule has 3 atom stereocenters. The Morgan fingerprint density at radius 3 is 1.46 bits per heavy atom. The zero-order valence-corrected chi connectivity index (χ0v) is 21.5. The maximum absolute atomic E-state index is 17.0. The van der Waals surface area contributed by atoms with E-state index in [-0.39, 0.29) is 10.6 Å². The first kappa shape index (κ1) is 29.4. The summed E-state index contributed by atoms with van der Waals surface area (Å²) < 4.78 is 210. The number of halogens is 14. The van der Waals surface area contributed by atoms with Crippen molar-refractivity contribution in [3.63, 3.8) is 0 Å². The predicted octanol–water partition coefficient (Wildman–Crippen LogP) is 8.68. The molecule has 3 aliphatic rings. The highest BCUT2D eigenvalue weighted by molar-refractivity contribution is 6.73. The van der Waals surface area contributed by atoms with Gasteiger partial charge in [0.25, 0.3) is 0 Å². The van der Waals surface area contributed by atoms with E-state index in [1.165, 1.54) is 0 Å². The first-order chi connectivity index (χ1) is 18.8. The second-order valence-corrected chi connectivity index (χ2v) is 15.3. The Morgan fingerprint density at radius 1 is 0.634 bits per heavy atom. The number of nitrogens with zero attached hydrogens (tertiary/aromatic N) is 1. The maximum Gasteiger partial charge on any atom is 0.249 e. The smallest absolute Gasteiger partial charge is 0.249 e. The van der Waals surface area contributed by atoms with Gasteiger partial charge in [0.2, 0.25) is 5.79 Å². The van der Waals surface area contributed by atoms with Gasteiger partial charge in [0.1, 0.15) is 20.2 Å². The van der Waals surface area contributed by atoms with Crippen molar-refractivity contribution in [1.82, 2.24) is 4.57 Å². The topological polar surface area (TPSA) is 3.24 Å². The number of allylic oxidation sites excluding steroid dienone is 4. The number of hydrogen-bond acceptors (Lipinski definition) is 1. The fourth-order valence-electron chi connectivity index (χ4n) is 5.64. The van der Waals surface area contributed by atoms with Crippen LogP contribution in [0.4, 0.5) is 61.5 Å². The molecule has 3 unspecified atom stereocenters. The fraction of sp³-hybridized carbons (Fsp3) is 0.280. The molecule has 0 aromatic heterocycles. The highest BCUT2D eigenvalue weighted by Crippen LogP contribution is 2.60. The Labute approximate surface area is 222 Å². The fourth-order valence-corrected chi connectivity index (χ4v) is 7.86. The van der Waals surface area contributed by atoms with Gasteiger partial charge in [-0.3, -0.25) is 4.57 Å². The number of hydrogen-bond donors (Lipinski definition) is 0. The standard InChI is InChI=1S/C25H13F14NSi/c1-41(2,3)40(25(39)23(37)8-6(27)4-5(26)7(8)17(32)24(25)38)22-11-9(13(28)18(33)20(35)15(11)30)10-12(22)16(31)21(36)19(34)14(10)29/h4-5,22-23H,1-3H3. The highest BCUT2D eigenvalue weighted by atomic mass is 28.3. The molecule has 0 fully saturated rings. The van der Waals surface area contributed by atoms with E-state index in [9.17, 15) is 26.3 Å². The largest absolute Gasteiger partial charge is 0.274 e. The molecule has 0 aliphatic heterocycles. The van der Waals surface area contributed by atoms with Crippen molar-refractivity contribution in [2.24, 2.45) is 0 Å². The van der Waals surface area contributed by atoms with E-state index in [2.05, 4.69) is 0 Å². The minimum absolute atomic E-state index is 0.0325. The lowest BCUT2D eigenvalue weighted by Gasteiger charge is -2.50. The molecule has 0 N–H and O–H groups in total. The monoisotopic (exact) mass is 621 g/mol. The van der Waals surface area contributed by atoms with Crippen molar-refractivity contribution in [2.45, 2.75) is 43.8 Å². The molecule has 0 radical (unpaired) electrons. The van der Waals surface area contributed by atoms with Gasteiger partial charge in [-0.05, 0) is 6.08 Å². The lowest BCUT2D eigenvalue weighted by atomic mass is 9.88. The van der Waals surface area contributed by atoms with E-state index in [1.807, 2.05) is 0 Å². The number of fused-ring (bicyclic) bond motifs is 3. The van der Waals surface area contributed by atoms with E-state index in [0.29, 0.717) is 0 Å². The van der Waals surface area contributed by atoms with Crippen LogP contribution in [0, 0.1) is 46.5 Å². The molecular formula is C25H13F14NSi. The number of benzene rings is 2. The summed E-state index contributed by atoms with van der Waals surface area (Å²) in [6.07, 6.45) is -6.57. The van der Waals surface area contributed by atoms with Crippen LogP contribution in [0.2, 0.25) is 19.6 Å². The normalized spacial score (nSPS) is 24.4. The lowest BCUT2D eigenvalue weighted by Crippen LogP contribution is -2.64. The van der Waals surface area contributed by atoms with Crippen molar-refractivity contribution in [3.05, 3.63) is 92.4 Å². The van der Waals surface area contributed by atoms with Gasteiger partial charge in [-0.1, -0.05) is 19.6 Å². The molecular weight excluding hydrogens is 608 g/mol. The second-order valence-electron chi connectivity index (χ2n) is 10.4. The van der Waals surface area contributed by atoms with Gasteiger partial charge in [0, 0.05) is 33.4 Å². The van der Waals surface area contributed by atoms with Gasteiger partial charge < -0.3 is 0 Å². The Kier molecular flexibility index (Phi) is 6.39. The van der Waals surface area contributed by atoms with Crippen LogP contribution < -0.4 is 0 Å². The van der Waals surface area contributed by atoms with Crippen LogP contribution in [-0.2, 0) is 0 Å². The molecule has 0 amide bonds. The molecule has 3 aliphatic carbocycles. The van der Waals surface area contributed by atoms with Crippen LogP contribution in [0.5, 0.6) is 0 Å². The van der Waals surface area contributed by atoms with Gasteiger partial charge in [-0.15, -0.1) is 0 Å². The molecule has 220 valence electrons. The van der Waals surface area contributed by atoms with E-state index >= 15 is 35.1 Å². The Balaban J connectivity index is 1.95. The predicted molar refractivity (Wildman–Crippen MR) is 118 cm³/mol. The van der Waals surface area contributed by atoms with Crippen molar-refractivity contribution < 1.29 is 61.5 Å². The summed E-state index contributed by atoms with van der Waals surface area (Å²) in [6.45, 7) is 2.90. The van der Waals surface area contributed by atoms with Gasteiger partial charge >= 0.3 is 0 Å². The van der Waals surface area contributed by atoms with Crippen molar-refractivity contribution in [2.75, 3.05) is 0 Å². The zero-order valence-electron chi connectivity index (χ0n) is 20.5. The molecule has 41 heavy (non-hydrogen) atoms. The summed E-state index contributed by atoms with van der Waals surface area (Å²) >= 11 is 0. The van der Waals surface area contributed by atoms with Gasteiger partial charge in [-0.2, -0.15) is 0 Å². The number of rotatable bonds is 3. The van der Waals surface area contributed by atoms with Gasteiger partial charge in [0.05, 0.1) is 6.04 Å². The van der Waals surface area contributed by atoms with E-state index in [4.69, 9.17) is 0 Å². The van der Waals surface area contributed by atoms with Crippen LogP contribution in [0.1, 0.15) is 17.2 Å². The third-order valence-electron chi connectivity index (χ3n) is 7.18. The Bertz CT molecular complexity index is 1590. The summed E-state index contributed by atoms with van der Waals surface area (Å²) in [5.74, 6) is -32.5. The van der Waals surface area contributed by atoms with E-state index in [0.717, 1.165) is 19.6 Å². The summed E-state index contributed by atoms with van der Waals surface area (Å²) in [5, 5.41) is 0. The zero-order chi connectivity index (χ0) is 30.8. The van der Waals surface area contributed by atoms with Crippen LogP contribution in [0.3, 0.4) is 0 Å². The third-order valence-corrected chi connectivity index (χ3v) is 9.21. The van der Waals surface area contributed by atoms with Crippen LogP contribution in [0.15, 0.2) is 34.7 Å². The summed E-state index contributed by atoms with van der Waals surface area (Å²) in [4.78, 5) is 0. The molecule has 0 spiro atoms. The lowest BCUT2D eigenvalue weighted by molar-refractivity contribution is -0.0436. The maximum atomic E-state index is 17.0. The van der Waals surface area contributed by atoms with Gasteiger partial charge in [0.15, 0.2) is 64.4 Å². The van der Waals surface area contributed by atoms with Crippen LogP contribution in [-0.4, -0.2) is 30.9 Å². The molecule has 2 aromatic carbocycles. The Hall–Kier alpha value is -3.14. The summed E-state index contributed by atoms with van der Waals surface area (Å²) in [6, 6.07) is -3.03. The van der Waals surface area contributed by atoms with Crippen LogP contribution in [0.25, 0.3) is 11.1 Å². The summed E-state index contributed by atoms with van der Waals surface area (Å²) in [5.41, 5.74) is -10.3. The first-order valence-electron chi connectivity index (χ1n) is 11.5. The minimum Gasteiger partial charge on any atom is -0.274 e. The van der Waals surface area contributed by atoms with Gasteiger partial charge in [-0.25, -0.2) is 61.5 Å². The third kappa shape index (κ3) is 3.52. The van der Waals surface area contributed by atoms with Crippen molar-refractivity contribution in [1.29, 1.82) is 0 Å². The molecule has 0 saturated heterocycles. The molecule has 0 bridgehead atoms. The average Bonchev–Trinajstić information content (AvgIpc) is 3.39. The Morgan fingerprint density at radius 2 is 1.05 bits per heavy atom. The molecule has 16 heteroatoms. The van der Waals surface area contributed by atoms with Crippen molar-refractivity contribution >= 4 is 8.24 Å². The van der Waals surface area contributed by atoms with E-state index in [1.54, 1.807) is 0 Å². The SMILES string of the molecule is C[Si](C)(C)N(C1c2c(F)c(F)c(F)c(F)c2-c2c(F)c(F)c(F)c(F)c21)C1(F)C(F)=C(F)C2=C(C(F)=CC2F)C1F. The molecule has 2 aromatic rings. The highest BCUT2D eigenvalue weighted by Gasteiger charge is 2.65. The quantitative estimate of drug-likeness (QED) is 0.109. The molecule has 1 nitrogen and oxygen atoms in total.